The molecule has 3 rings (SSSR count). The highest BCUT2D eigenvalue weighted by Gasteiger charge is 2.20. The van der Waals surface area contributed by atoms with Crippen LogP contribution in [-0.4, -0.2) is 72.1 Å². The molecule has 0 aliphatic heterocycles. The average Bonchev–Trinajstić information content (AvgIpc) is 2.78. The first-order chi connectivity index (χ1) is 15.3. The predicted octanol–water partition coefficient (Wildman–Crippen LogP) is 3.89. The van der Waals surface area contributed by atoms with Gasteiger partial charge in [0.1, 0.15) is 17.3 Å². The molecule has 0 aliphatic carbocycles. The Morgan fingerprint density at radius 3 is 2.50 bits per heavy atom. The number of aromatic nitrogens is 2. The zero-order valence-electron chi connectivity index (χ0n) is 18.5. The first kappa shape index (κ1) is 23.3. The number of phenols is 1. The van der Waals surface area contributed by atoms with Crippen molar-refractivity contribution in [3.05, 3.63) is 59.4 Å². The van der Waals surface area contributed by atoms with E-state index in [-0.39, 0.29) is 11.7 Å². The van der Waals surface area contributed by atoms with Crippen LogP contribution in [0.3, 0.4) is 0 Å². The molecule has 1 heterocycles. The number of phenolic OH excluding ortho intramolecular Hbond substituents is 1. The maximum atomic E-state index is 12.9. The van der Waals surface area contributed by atoms with Gasteiger partial charge in [0, 0.05) is 31.8 Å². The highest BCUT2D eigenvalue weighted by molar-refractivity contribution is 6.33. The second-order valence-electron chi connectivity index (χ2n) is 7.52. The van der Waals surface area contributed by atoms with Crippen molar-refractivity contribution in [3.8, 4) is 22.8 Å². The van der Waals surface area contributed by atoms with E-state index in [0.29, 0.717) is 40.1 Å². The minimum Gasteiger partial charge on any atom is -0.508 e. The lowest BCUT2D eigenvalue weighted by Gasteiger charge is -2.21. The molecule has 2 aromatic carbocycles. The Labute approximate surface area is 192 Å². The molecule has 0 radical (unpaired) electrons. The van der Waals surface area contributed by atoms with E-state index in [1.807, 2.05) is 19.0 Å². The van der Waals surface area contributed by atoms with Gasteiger partial charge in [-0.05, 0) is 44.4 Å². The van der Waals surface area contributed by atoms with Crippen molar-refractivity contribution in [2.24, 2.45) is 0 Å². The third kappa shape index (κ3) is 5.66. The molecule has 0 spiro atoms. The maximum absolute atomic E-state index is 12.9. The molecule has 9 heteroatoms. The van der Waals surface area contributed by atoms with Gasteiger partial charge in [0.2, 0.25) is 0 Å². The molecular formula is C23H26ClN5O3. The summed E-state index contributed by atoms with van der Waals surface area (Å²) in [6, 6.07) is 9.95. The molecule has 0 aliphatic rings. The summed E-state index contributed by atoms with van der Waals surface area (Å²) in [7, 11) is 7.16. The number of nitrogens with one attached hydrogen (secondary N) is 1. The quantitative estimate of drug-likeness (QED) is 0.532. The van der Waals surface area contributed by atoms with Gasteiger partial charge in [-0.15, -0.1) is 0 Å². The third-order valence-electron chi connectivity index (χ3n) is 4.81. The van der Waals surface area contributed by atoms with E-state index in [4.69, 9.17) is 16.3 Å². The minimum atomic E-state index is -0.175. The van der Waals surface area contributed by atoms with Crippen molar-refractivity contribution in [1.82, 2.24) is 19.8 Å². The summed E-state index contributed by atoms with van der Waals surface area (Å²) in [4.78, 5) is 25.3. The molecule has 32 heavy (non-hydrogen) atoms. The molecule has 2 N–H and O–H groups in total. The molecule has 0 saturated carbocycles. The summed E-state index contributed by atoms with van der Waals surface area (Å²) >= 11 is 6.49. The fourth-order valence-corrected chi connectivity index (χ4v) is 3.19. The van der Waals surface area contributed by atoms with Crippen LogP contribution >= 0.6 is 11.6 Å². The lowest BCUT2D eigenvalue weighted by molar-refractivity contribution is 0.0783. The van der Waals surface area contributed by atoms with Crippen molar-refractivity contribution in [3.63, 3.8) is 0 Å². The number of amides is 1. The van der Waals surface area contributed by atoms with Crippen LogP contribution in [0.5, 0.6) is 11.5 Å². The number of hydrogen-bond donors (Lipinski definition) is 2. The van der Waals surface area contributed by atoms with Crippen LogP contribution < -0.4 is 10.1 Å². The topological polar surface area (TPSA) is 90.8 Å². The lowest BCUT2D eigenvalue weighted by Crippen LogP contribution is -2.33. The first-order valence-electron chi connectivity index (χ1n) is 9.94. The Morgan fingerprint density at radius 1 is 1.12 bits per heavy atom. The highest BCUT2D eigenvalue weighted by Crippen LogP contribution is 2.33. The van der Waals surface area contributed by atoms with Gasteiger partial charge in [0.15, 0.2) is 0 Å². The van der Waals surface area contributed by atoms with Gasteiger partial charge in [0.05, 0.1) is 41.5 Å². The normalized spacial score (nSPS) is 10.8. The number of hydrogen-bond acceptors (Lipinski definition) is 7. The van der Waals surface area contributed by atoms with Gasteiger partial charge in [-0.3, -0.25) is 9.78 Å². The SMILES string of the molecule is COc1cc(Nc2cncc(-c3ccc(O)cc3)n2)c(Cl)cc1C(=O)N(C)CCN(C)C. The molecule has 0 atom stereocenters. The van der Waals surface area contributed by atoms with Gasteiger partial charge in [0.25, 0.3) is 5.91 Å². The zero-order valence-corrected chi connectivity index (χ0v) is 19.2. The summed E-state index contributed by atoms with van der Waals surface area (Å²) in [5.41, 5.74) is 2.36. The fraction of sp³-hybridized carbons (Fsp3) is 0.261. The number of rotatable bonds is 8. The van der Waals surface area contributed by atoms with E-state index < -0.39 is 0 Å². The van der Waals surface area contributed by atoms with Crippen molar-refractivity contribution >= 4 is 29.0 Å². The van der Waals surface area contributed by atoms with E-state index in [9.17, 15) is 9.90 Å². The van der Waals surface area contributed by atoms with E-state index in [0.717, 1.165) is 12.1 Å². The minimum absolute atomic E-state index is 0.175. The van der Waals surface area contributed by atoms with Crippen molar-refractivity contribution < 1.29 is 14.6 Å². The van der Waals surface area contributed by atoms with Crippen LogP contribution in [0.4, 0.5) is 11.5 Å². The smallest absolute Gasteiger partial charge is 0.257 e. The van der Waals surface area contributed by atoms with Gasteiger partial charge >= 0.3 is 0 Å². The summed E-state index contributed by atoms with van der Waals surface area (Å²) in [5, 5.41) is 13.0. The van der Waals surface area contributed by atoms with Crippen LogP contribution in [0.2, 0.25) is 5.02 Å². The number of aromatic hydroxyl groups is 1. The Bertz CT molecular complexity index is 1090. The summed E-state index contributed by atoms with van der Waals surface area (Å²) in [6.07, 6.45) is 3.20. The van der Waals surface area contributed by atoms with Gasteiger partial charge < -0.3 is 25.0 Å². The number of halogens is 1. The monoisotopic (exact) mass is 455 g/mol. The maximum Gasteiger partial charge on any atom is 0.257 e. The molecule has 0 unspecified atom stereocenters. The number of nitrogens with zero attached hydrogens (tertiary/aromatic N) is 4. The van der Waals surface area contributed by atoms with E-state index in [1.165, 1.54) is 7.11 Å². The summed E-state index contributed by atoms with van der Waals surface area (Å²) in [6.45, 7) is 1.32. The van der Waals surface area contributed by atoms with Gasteiger partial charge in [-0.2, -0.15) is 0 Å². The van der Waals surface area contributed by atoms with Crippen LogP contribution in [-0.2, 0) is 0 Å². The highest BCUT2D eigenvalue weighted by atomic mass is 35.5. The number of carbonyl (C=O) groups excluding carboxylic acids is 1. The number of carbonyl (C=O) groups is 1. The van der Waals surface area contributed by atoms with Crippen LogP contribution in [0.15, 0.2) is 48.8 Å². The van der Waals surface area contributed by atoms with Crippen molar-refractivity contribution in [1.29, 1.82) is 0 Å². The standard InChI is InChI=1S/C23H26ClN5O3/c1-28(2)9-10-29(3)23(31)17-11-18(24)19(12-21(17)32-4)26-22-14-25-13-20(27-22)15-5-7-16(30)8-6-15/h5-8,11-14,30H,9-10H2,1-4H3,(H,26,27). The molecule has 1 aromatic heterocycles. The Hall–Kier alpha value is -3.36. The second kappa shape index (κ2) is 10.3. The largest absolute Gasteiger partial charge is 0.508 e. The van der Waals surface area contributed by atoms with Crippen LogP contribution in [0.1, 0.15) is 10.4 Å². The Morgan fingerprint density at radius 2 is 1.84 bits per heavy atom. The second-order valence-corrected chi connectivity index (χ2v) is 7.93. The molecule has 0 bridgehead atoms. The van der Waals surface area contributed by atoms with Gasteiger partial charge in [-0.25, -0.2) is 4.98 Å². The number of methoxy groups -OCH3 is 1. The number of ether oxygens (including phenoxy) is 1. The molecular weight excluding hydrogens is 430 g/mol. The molecule has 0 saturated heterocycles. The lowest BCUT2D eigenvalue weighted by atomic mass is 10.1. The predicted molar refractivity (Wildman–Crippen MR) is 126 cm³/mol. The molecule has 8 nitrogen and oxygen atoms in total. The van der Waals surface area contributed by atoms with Crippen LogP contribution in [0.25, 0.3) is 11.3 Å². The molecule has 168 valence electrons. The van der Waals surface area contributed by atoms with E-state index in [2.05, 4.69) is 15.3 Å². The van der Waals surface area contributed by atoms with Crippen molar-refractivity contribution in [2.45, 2.75) is 0 Å². The molecule has 0 fully saturated rings. The zero-order chi connectivity index (χ0) is 23.3. The number of likely N-dealkylation sites (N-methyl/N-ethyl adjacent to an activating group) is 2. The van der Waals surface area contributed by atoms with Crippen LogP contribution in [0, 0.1) is 0 Å². The summed E-state index contributed by atoms with van der Waals surface area (Å²) < 4.78 is 5.46. The molecule has 1 amide bonds. The molecule has 3 aromatic rings. The van der Waals surface area contributed by atoms with Gasteiger partial charge in [-0.1, -0.05) is 11.6 Å². The summed E-state index contributed by atoms with van der Waals surface area (Å²) in [5.74, 6) is 0.881. The fourth-order valence-electron chi connectivity index (χ4n) is 2.98. The number of anilines is 2. The average molecular weight is 456 g/mol. The number of benzene rings is 2. The van der Waals surface area contributed by atoms with Crippen molar-refractivity contribution in [2.75, 3.05) is 46.7 Å². The Kier molecular flexibility index (Phi) is 7.50. The first-order valence-corrected chi connectivity index (χ1v) is 10.3. The third-order valence-corrected chi connectivity index (χ3v) is 5.12. The van der Waals surface area contributed by atoms with E-state index in [1.54, 1.807) is 60.7 Å². The Balaban J connectivity index is 1.84. The van der Waals surface area contributed by atoms with E-state index >= 15 is 0 Å².